The molecule has 0 saturated carbocycles. The molecule has 0 spiro atoms. The number of benzene rings is 1. The van der Waals surface area contributed by atoms with Crippen LogP contribution in [0.2, 0.25) is 0 Å². The number of sulfonamides is 1. The first-order chi connectivity index (χ1) is 12.4. The zero-order chi connectivity index (χ0) is 19.2. The van der Waals surface area contributed by atoms with Gasteiger partial charge in [-0.05, 0) is 37.1 Å². The van der Waals surface area contributed by atoms with Gasteiger partial charge in [-0.3, -0.25) is 9.59 Å². The number of nitrogens with one attached hydrogen (secondary N) is 2. The second kappa shape index (κ2) is 8.81. The van der Waals surface area contributed by atoms with Crippen LogP contribution in [0, 0.1) is 0 Å². The molecule has 2 rings (SSSR count). The van der Waals surface area contributed by atoms with Gasteiger partial charge in [-0.25, -0.2) is 8.42 Å². The van der Waals surface area contributed by atoms with Gasteiger partial charge in [0.2, 0.25) is 10.0 Å². The Morgan fingerprint density at radius 2 is 1.92 bits per heavy atom. The van der Waals surface area contributed by atoms with Crippen molar-refractivity contribution in [3.63, 3.8) is 0 Å². The Labute approximate surface area is 153 Å². The SMILES string of the molecule is C=CCNC(=O)C(=O)NC[C@@H]1CCCN1S(=O)(=O)c1ccc(OC)cc1. The van der Waals surface area contributed by atoms with Gasteiger partial charge < -0.3 is 15.4 Å². The maximum Gasteiger partial charge on any atom is 0.309 e. The van der Waals surface area contributed by atoms with Crippen LogP contribution in [-0.4, -0.2) is 57.3 Å². The highest BCUT2D eigenvalue weighted by atomic mass is 32.2. The fourth-order valence-corrected chi connectivity index (χ4v) is 4.44. The van der Waals surface area contributed by atoms with Crippen LogP contribution in [0.25, 0.3) is 0 Å². The summed E-state index contributed by atoms with van der Waals surface area (Å²) in [6.45, 7) is 4.09. The normalized spacial score (nSPS) is 17.5. The molecule has 142 valence electrons. The molecular formula is C17H23N3O5S. The number of hydrogen-bond donors (Lipinski definition) is 2. The van der Waals surface area contributed by atoms with E-state index in [1.165, 1.54) is 29.6 Å². The Hall–Kier alpha value is -2.39. The molecule has 0 radical (unpaired) electrons. The molecule has 1 heterocycles. The van der Waals surface area contributed by atoms with Gasteiger partial charge in [0.05, 0.1) is 12.0 Å². The zero-order valence-electron chi connectivity index (χ0n) is 14.6. The molecule has 1 fully saturated rings. The Morgan fingerprint density at radius 3 is 2.54 bits per heavy atom. The molecule has 1 saturated heterocycles. The van der Waals surface area contributed by atoms with Crippen molar-refractivity contribution in [3.8, 4) is 5.75 Å². The molecule has 9 heteroatoms. The zero-order valence-corrected chi connectivity index (χ0v) is 15.4. The molecule has 1 aromatic carbocycles. The van der Waals surface area contributed by atoms with Crippen molar-refractivity contribution in [1.29, 1.82) is 0 Å². The summed E-state index contributed by atoms with van der Waals surface area (Å²) in [7, 11) is -2.17. The van der Waals surface area contributed by atoms with Gasteiger partial charge in [-0.1, -0.05) is 6.08 Å². The van der Waals surface area contributed by atoms with E-state index in [1.807, 2.05) is 0 Å². The standard InChI is InChI=1S/C17H23N3O5S/c1-3-10-18-16(21)17(22)19-12-13-5-4-11-20(13)26(23,24)15-8-6-14(25-2)7-9-15/h3,6-9,13H,1,4-5,10-12H2,2H3,(H,18,21)(H,19,22)/t13-/m0/s1. The van der Waals surface area contributed by atoms with Crippen molar-refractivity contribution < 1.29 is 22.7 Å². The average Bonchev–Trinajstić information content (AvgIpc) is 3.13. The summed E-state index contributed by atoms with van der Waals surface area (Å²) in [6.07, 6.45) is 2.77. The quantitative estimate of drug-likeness (QED) is 0.521. The van der Waals surface area contributed by atoms with E-state index in [4.69, 9.17) is 4.74 Å². The highest BCUT2D eigenvalue weighted by molar-refractivity contribution is 7.89. The molecule has 8 nitrogen and oxygen atoms in total. The Morgan fingerprint density at radius 1 is 1.27 bits per heavy atom. The van der Waals surface area contributed by atoms with Crippen LogP contribution in [0.3, 0.4) is 0 Å². The smallest absolute Gasteiger partial charge is 0.309 e. The van der Waals surface area contributed by atoms with E-state index < -0.39 is 27.9 Å². The van der Waals surface area contributed by atoms with Gasteiger partial charge in [0.15, 0.2) is 0 Å². The van der Waals surface area contributed by atoms with E-state index in [-0.39, 0.29) is 18.0 Å². The molecule has 0 unspecified atom stereocenters. The van der Waals surface area contributed by atoms with Gasteiger partial charge >= 0.3 is 11.8 Å². The van der Waals surface area contributed by atoms with Gasteiger partial charge in [0, 0.05) is 25.7 Å². The van der Waals surface area contributed by atoms with Crippen LogP contribution >= 0.6 is 0 Å². The molecule has 1 atom stereocenters. The lowest BCUT2D eigenvalue weighted by molar-refractivity contribution is -0.139. The summed E-state index contributed by atoms with van der Waals surface area (Å²) < 4.78 is 32.1. The highest BCUT2D eigenvalue weighted by Crippen LogP contribution is 2.26. The van der Waals surface area contributed by atoms with E-state index in [9.17, 15) is 18.0 Å². The molecule has 0 aromatic heterocycles. The molecule has 26 heavy (non-hydrogen) atoms. The summed E-state index contributed by atoms with van der Waals surface area (Å²) in [4.78, 5) is 23.5. The van der Waals surface area contributed by atoms with Crippen LogP contribution < -0.4 is 15.4 Å². The summed E-state index contributed by atoms with van der Waals surface area (Å²) in [5.41, 5.74) is 0. The number of methoxy groups -OCH3 is 1. The lowest BCUT2D eigenvalue weighted by Crippen LogP contribution is -2.47. The Balaban J connectivity index is 2.03. The predicted octanol–water partition coefficient (Wildman–Crippen LogP) is 0.267. The van der Waals surface area contributed by atoms with E-state index in [2.05, 4.69) is 17.2 Å². The second-order valence-corrected chi connectivity index (χ2v) is 7.69. The van der Waals surface area contributed by atoms with Crippen molar-refractivity contribution in [2.45, 2.75) is 23.8 Å². The first-order valence-electron chi connectivity index (χ1n) is 8.23. The van der Waals surface area contributed by atoms with Gasteiger partial charge in [-0.2, -0.15) is 4.31 Å². The molecule has 2 N–H and O–H groups in total. The third-order valence-electron chi connectivity index (χ3n) is 4.10. The van der Waals surface area contributed by atoms with Crippen molar-refractivity contribution in [3.05, 3.63) is 36.9 Å². The number of ether oxygens (including phenoxy) is 1. The summed E-state index contributed by atoms with van der Waals surface area (Å²) in [6, 6.07) is 5.77. The molecule has 2 amide bonds. The van der Waals surface area contributed by atoms with Gasteiger partial charge in [0.25, 0.3) is 0 Å². The largest absolute Gasteiger partial charge is 0.497 e. The summed E-state index contributed by atoms with van der Waals surface area (Å²) >= 11 is 0. The van der Waals surface area contributed by atoms with Crippen LogP contribution in [-0.2, 0) is 19.6 Å². The minimum Gasteiger partial charge on any atom is -0.497 e. The third kappa shape index (κ3) is 4.61. The van der Waals surface area contributed by atoms with Crippen molar-refractivity contribution in [2.24, 2.45) is 0 Å². The number of nitrogens with zero attached hydrogens (tertiary/aromatic N) is 1. The summed E-state index contributed by atoms with van der Waals surface area (Å²) in [5.74, 6) is -0.993. The second-order valence-electron chi connectivity index (χ2n) is 5.80. The number of hydrogen-bond acceptors (Lipinski definition) is 5. The number of carbonyl (C=O) groups is 2. The van der Waals surface area contributed by atoms with Gasteiger partial charge in [0.1, 0.15) is 5.75 Å². The Bertz CT molecular complexity index is 761. The lowest BCUT2D eigenvalue weighted by Gasteiger charge is -2.24. The molecule has 0 aliphatic carbocycles. The monoisotopic (exact) mass is 381 g/mol. The first kappa shape index (κ1) is 19.9. The number of amides is 2. The van der Waals surface area contributed by atoms with E-state index in [0.29, 0.717) is 25.1 Å². The minimum atomic E-state index is -3.68. The number of carbonyl (C=O) groups excluding carboxylic acids is 2. The van der Waals surface area contributed by atoms with E-state index in [1.54, 1.807) is 12.1 Å². The van der Waals surface area contributed by atoms with Crippen LogP contribution in [0.5, 0.6) is 5.75 Å². The fraction of sp³-hybridized carbons (Fsp3) is 0.412. The van der Waals surface area contributed by atoms with E-state index in [0.717, 1.165) is 0 Å². The Kier molecular flexibility index (Phi) is 6.76. The van der Waals surface area contributed by atoms with Crippen LogP contribution in [0.15, 0.2) is 41.8 Å². The van der Waals surface area contributed by atoms with Crippen molar-refractivity contribution >= 4 is 21.8 Å². The van der Waals surface area contributed by atoms with Crippen molar-refractivity contribution in [2.75, 3.05) is 26.7 Å². The molecule has 1 aromatic rings. The van der Waals surface area contributed by atoms with Gasteiger partial charge in [-0.15, -0.1) is 6.58 Å². The molecular weight excluding hydrogens is 358 g/mol. The molecule has 1 aliphatic rings. The lowest BCUT2D eigenvalue weighted by atomic mass is 10.2. The average molecular weight is 381 g/mol. The maximum absolute atomic E-state index is 12.8. The van der Waals surface area contributed by atoms with E-state index >= 15 is 0 Å². The summed E-state index contributed by atoms with van der Waals surface area (Å²) in [5, 5.41) is 4.87. The molecule has 1 aliphatic heterocycles. The maximum atomic E-state index is 12.8. The fourth-order valence-electron chi connectivity index (χ4n) is 2.75. The van der Waals surface area contributed by atoms with Crippen LogP contribution in [0.1, 0.15) is 12.8 Å². The third-order valence-corrected chi connectivity index (χ3v) is 6.07. The highest BCUT2D eigenvalue weighted by Gasteiger charge is 2.35. The predicted molar refractivity (Wildman–Crippen MR) is 96.1 cm³/mol. The minimum absolute atomic E-state index is 0.0791. The first-order valence-corrected chi connectivity index (χ1v) is 9.67. The number of rotatable bonds is 7. The topological polar surface area (TPSA) is 105 Å². The van der Waals surface area contributed by atoms with Crippen LogP contribution in [0.4, 0.5) is 0 Å². The molecule has 0 bridgehead atoms. The van der Waals surface area contributed by atoms with Crippen molar-refractivity contribution in [1.82, 2.24) is 14.9 Å².